The van der Waals surface area contributed by atoms with Crippen molar-refractivity contribution in [2.24, 2.45) is 0 Å². The summed E-state index contributed by atoms with van der Waals surface area (Å²) in [5.41, 5.74) is 0.584. The van der Waals surface area contributed by atoms with Gasteiger partial charge >= 0.3 is 6.03 Å². The van der Waals surface area contributed by atoms with Gasteiger partial charge in [0.05, 0.1) is 0 Å². The first-order valence-corrected chi connectivity index (χ1v) is 6.02. The van der Waals surface area contributed by atoms with E-state index in [0.717, 1.165) is 0 Å². The van der Waals surface area contributed by atoms with E-state index in [0.29, 0.717) is 24.9 Å². The van der Waals surface area contributed by atoms with Gasteiger partial charge in [-0.3, -0.25) is 0 Å². The molecule has 1 aromatic rings. The second kappa shape index (κ2) is 7.66. The maximum atomic E-state index is 13.4. The Morgan fingerprint density at radius 1 is 1.44 bits per heavy atom. The molecule has 0 radical (unpaired) electrons. The monoisotopic (exact) mass is 254 g/mol. The molecular weight excluding hydrogens is 235 g/mol. The van der Waals surface area contributed by atoms with Crippen LogP contribution in [0.3, 0.4) is 0 Å². The number of halogens is 1. The molecule has 0 fully saturated rings. The van der Waals surface area contributed by atoms with Crippen molar-refractivity contribution in [2.45, 2.75) is 25.8 Å². The summed E-state index contributed by atoms with van der Waals surface area (Å²) < 4.78 is 13.4. The lowest BCUT2D eigenvalue weighted by atomic mass is 10.1. The lowest BCUT2D eigenvalue weighted by Crippen LogP contribution is -2.42. The first-order valence-electron chi connectivity index (χ1n) is 6.02. The van der Waals surface area contributed by atoms with Gasteiger partial charge in [-0.2, -0.15) is 0 Å². The zero-order valence-electron chi connectivity index (χ0n) is 10.4. The molecule has 100 valence electrons. The Hall–Kier alpha value is -1.62. The molecular formula is C13H19FN2O2. The number of hydrogen-bond acceptors (Lipinski definition) is 2. The summed E-state index contributed by atoms with van der Waals surface area (Å²) in [6.07, 6.45) is 0.967. The van der Waals surface area contributed by atoms with E-state index in [4.69, 9.17) is 5.11 Å². The van der Waals surface area contributed by atoms with Gasteiger partial charge in [0, 0.05) is 19.2 Å². The molecule has 0 saturated heterocycles. The van der Waals surface area contributed by atoms with Crippen molar-refractivity contribution in [3.8, 4) is 0 Å². The van der Waals surface area contributed by atoms with Crippen LogP contribution in [0.2, 0.25) is 0 Å². The van der Waals surface area contributed by atoms with Crippen molar-refractivity contribution >= 4 is 6.03 Å². The second-order valence-electron chi connectivity index (χ2n) is 4.17. The average Bonchev–Trinajstić information content (AvgIpc) is 2.32. The number of aliphatic hydroxyl groups is 1. The van der Waals surface area contributed by atoms with Crippen LogP contribution >= 0.6 is 0 Å². The Labute approximate surface area is 106 Å². The number of nitrogens with one attached hydrogen (secondary N) is 2. The molecule has 3 N–H and O–H groups in total. The van der Waals surface area contributed by atoms with Gasteiger partial charge in [-0.05, 0) is 31.4 Å². The summed E-state index contributed by atoms with van der Waals surface area (Å²) in [5.74, 6) is -0.258. The van der Waals surface area contributed by atoms with E-state index in [9.17, 15) is 9.18 Å². The van der Waals surface area contributed by atoms with E-state index >= 15 is 0 Å². The molecule has 0 aromatic heterocycles. The highest BCUT2D eigenvalue weighted by molar-refractivity contribution is 5.74. The fourth-order valence-corrected chi connectivity index (χ4v) is 1.60. The quantitative estimate of drug-likeness (QED) is 0.673. The molecule has 18 heavy (non-hydrogen) atoms. The van der Waals surface area contributed by atoms with Crippen molar-refractivity contribution in [3.63, 3.8) is 0 Å². The van der Waals surface area contributed by atoms with E-state index < -0.39 is 0 Å². The molecule has 1 atom stereocenters. The third kappa shape index (κ3) is 5.14. The third-order valence-corrected chi connectivity index (χ3v) is 2.48. The predicted molar refractivity (Wildman–Crippen MR) is 67.8 cm³/mol. The summed E-state index contributed by atoms with van der Waals surface area (Å²) in [6, 6.07) is 6.06. The zero-order valence-corrected chi connectivity index (χ0v) is 10.4. The Bertz CT molecular complexity index is 385. The lowest BCUT2D eigenvalue weighted by Gasteiger charge is -2.15. The van der Waals surface area contributed by atoms with Gasteiger partial charge in [0.1, 0.15) is 5.82 Å². The standard InChI is InChI=1S/C13H19FN2O2/c1-10(16-13(18)15-7-4-8-17)9-11-5-2-3-6-12(11)14/h2-3,5-6,10,17H,4,7-9H2,1H3,(H2,15,16,18). The van der Waals surface area contributed by atoms with E-state index in [-0.39, 0.29) is 24.5 Å². The van der Waals surface area contributed by atoms with Gasteiger partial charge in [0.25, 0.3) is 0 Å². The van der Waals surface area contributed by atoms with Gasteiger partial charge < -0.3 is 15.7 Å². The van der Waals surface area contributed by atoms with Crippen LogP contribution in [0.1, 0.15) is 18.9 Å². The van der Waals surface area contributed by atoms with Crippen molar-refractivity contribution in [3.05, 3.63) is 35.6 Å². The molecule has 4 nitrogen and oxygen atoms in total. The van der Waals surface area contributed by atoms with Crippen LogP contribution in [-0.4, -0.2) is 30.3 Å². The summed E-state index contributed by atoms with van der Waals surface area (Å²) in [4.78, 5) is 11.4. The van der Waals surface area contributed by atoms with Crippen molar-refractivity contribution in [1.82, 2.24) is 10.6 Å². The fourth-order valence-electron chi connectivity index (χ4n) is 1.60. The smallest absolute Gasteiger partial charge is 0.315 e. The van der Waals surface area contributed by atoms with Crippen molar-refractivity contribution in [1.29, 1.82) is 0 Å². The average molecular weight is 254 g/mol. The maximum Gasteiger partial charge on any atom is 0.315 e. The number of amides is 2. The van der Waals surface area contributed by atoms with Gasteiger partial charge in [0.2, 0.25) is 0 Å². The van der Waals surface area contributed by atoms with E-state index in [2.05, 4.69) is 10.6 Å². The second-order valence-corrected chi connectivity index (χ2v) is 4.17. The van der Waals surface area contributed by atoms with Crippen LogP contribution < -0.4 is 10.6 Å². The van der Waals surface area contributed by atoms with Gasteiger partial charge in [0.15, 0.2) is 0 Å². The minimum atomic E-state index is -0.299. The number of benzene rings is 1. The van der Waals surface area contributed by atoms with E-state index in [1.54, 1.807) is 18.2 Å². The summed E-state index contributed by atoms with van der Waals surface area (Å²) in [5, 5.41) is 13.9. The van der Waals surface area contributed by atoms with Crippen molar-refractivity contribution < 1.29 is 14.3 Å². The summed E-state index contributed by atoms with van der Waals surface area (Å²) in [7, 11) is 0. The highest BCUT2D eigenvalue weighted by Crippen LogP contribution is 2.08. The fraction of sp³-hybridized carbons (Fsp3) is 0.462. The van der Waals surface area contributed by atoms with Crippen LogP contribution in [-0.2, 0) is 6.42 Å². The van der Waals surface area contributed by atoms with Crippen LogP contribution in [0.5, 0.6) is 0 Å². The molecule has 0 aliphatic carbocycles. The molecule has 0 aliphatic rings. The third-order valence-electron chi connectivity index (χ3n) is 2.48. The number of urea groups is 1. The van der Waals surface area contributed by atoms with E-state index in [1.807, 2.05) is 6.92 Å². The first-order chi connectivity index (χ1) is 8.63. The lowest BCUT2D eigenvalue weighted by molar-refractivity contribution is 0.235. The highest BCUT2D eigenvalue weighted by atomic mass is 19.1. The van der Waals surface area contributed by atoms with Crippen LogP contribution in [0, 0.1) is 5.82 Å². The normalized spacial score (nSPS) is 11.9. The highest BCUT2D eigenvalue weighted by Gasteiger charge is 2.09. The summed E-state index contributed by atoms with van der Waals surface area (Å²) in [6.45, 7) is 2.29. The number of rotatable bonds is 6. The molecule has 1 rings (SSSR count). The molecule has 1 aromatic carbocycles. The Balaban J connectivity index is 2.35. The molecule has 0 bridgehead atoms. The maximum absolute atomic E-state index is 13.4. The first kappa shape index (κ1) is 14.4. The van der Waals surface area contributed by atoms with E-state index in [1.165, 1.54) is 6.07 Å². The molecule has 1 unspecified atom stereocenters. The van der Waals surface area contributed by atoms with Gasteiger partial charge in [-0.1, -0.05) is 18.2 Å². The number of hydrogen-bond donors (Lipinski definition) is 3. The Morgan fingerprint density at radius 2 is 2.17 bits per heavy atom. The molecule has 0 saturated carbocycles. The van der Waals surface area contributed by atoms with Crippen LogP contribution in [0.4, 0.5) is 9.18 Å². The Morgan fingerprint density at radius 3 is 2.83 bits per heavy atom. The number of aliphatic hydroxyl groups excluding tert-OH is 1. The largest absolute Gasteiger partial charge is 0.396 e. The van der Waals surface area contributed by atoms with Crippen LogP contribution in [0.15, 0.2) is 24.3 Å². The minimum Gasteiger partial charge on any atom is -0.396 e. The molecule has 0 heterocycles. The molecule has 5 heteroatoms. The predicted octanol–water partition coefficient (Wildman–Crippen LogP) is 1.44. The SMILES string of the molecule is CC(Cc1ccccc1F)NC(=O)NCCCO. The van der Waals surface area contributed by atoms with Gasteiger partial charge in [-0.25, -0.2) is 9.18 Å². The number of carbonyl (C=O) groups excluding carboxylic acids is 1. The van der Waals surface area contributed by atoms with Gasteiger partial charge in [-0.15, -0.1) is 0 Å². The molecule has 0 spiro atoms. The zero-order chi connectivity index (χ0) is 13.4. The van der Waals surface area contributed by atoms with Crippen LogP contribution in [0.25, 0.3) is 0 Å². The minimum absolute atomic E-state index is 0.0467. The summed E-state index contributed by atoms with van der Waals surface area (Å²) >= 11 is 0. The van der Waals surface area contributed by atoms with Crippen molar-refractivity contribution in [2.75, 3.05) is 13.2 Å². The Kier molecular flexibility index (Phi) is 6.14. The topological polar surface area (TPSA) is 61.4 Å². The molecule has 2 amide bonds. The number of carbonyl (C=O) groups is 1. The molecule has 0 aliphatic heterocycles.